The van der Waals surface area contributed by atoms with Gasteiger partial charge in [-0.3, -0.25) is 4.79 Å². The molecular formula is C10H16O3. The molecule has 3 nitrogen and oxygen atoms in total. The van der Waals surface area contributed by atoms with E-state index in [-0.39, 0.29) is 12.1 Å². The monoisotopic (exact) mass is 184 g/mol. The van der Waals surface area contributed by atoms with Gasteiger partial charge in [-0.2, -0.15) is 0 Å². The highest BCUT2D eigenvalue weighted by atomic mass is 16.5. The van der Waals surface area contributed by atoms with Gasteiger partial charge in [0.1, 0.15) is 0 Å². The molecule has 2 rings (SSSR count). The van der Waals surface area contributed by atoms with Gasteiger partial charge in [0.25, 0.3) is 0 Å². The van der Waals surface area contributed by atoms with Crippen molar-refractivity contribution in [2.75, 3.05) is 6.61 Å². The van der Waals surface area contributed by atoms with E-state index in [1.54, 1.807) is 0 Å². The molecular weight excluding hydrogens is 168 g/mol. The van der Waals surface area contributed by atoms with Crippen molar-refractivity contribution in [2.45, 2.75) is 32.3 Å². The van der Waals surface area contributed by atoms with Gasteiger partial charge in [0, 0.05) is 6.92 Å². The Morgan fingerprint density at radius 1 is 1.46 bits per heavy atom. The van der Waals surface area contributed by atoms with Crippen LogP contribution in [-0.2, 0) is 9.53 Å². The first-order valence-electron chi connectivity index (χ1n) is 4.98. The van der Waals surface area contributed by atoms with E-state index in [1.807, 2.05) is 0 Å². The molecule has 13 heavy (non-hydrogen) atoms. The van der Waals surface area contributed by atoms with Crippen LogP contribution in [0.25, 0.3) is 0 Å². The van der Waals surface area contributed by atoms with E-state index in [0.29, 0.717) is 24.4 Å². The van der Waals surface area contributed by atoms with Gasteiger partial charge in [0.2, 0.25) is 0 Å². The molecule has 3 heteroatoms. The predicted molar refractivity (Wildman–Crippen MR) is 47.0 cm³/mol. The lowest BCUT2D eigenvalue weighted by molar-refractivity contribution is -0.143. The molecule has 0 spiro atoms. The number of carbonyl (C=O) groups excluding carboxylic acids is 1. The van der Waals surface area contributed by atoms with Gasteiger partial charge in [0.15, 0.2) is 0 Å². The minimum Gasteiger partial charge on any atom is -0.466 e. The van der Waals surface area contributed by atoms with Crippen molar-refractivity contribution < 1.29 is 14.6 Å². The normalized spacial score (nSPS) is 42.3. The second-order valence-electron chi connectivity index (χ2n) is 4.37. The highest BCUT2D eigenvalue weighted by Crippen LogP contribution is 2.48. The van der Waals surface area contributed by atoms with E-state index in [1.165, 1.54) is 6.92 Å². The van der Waals surface area contributed by atoms with E-state index in [2.05, 4.69) is 0 Å². The Morgan fingerprint density at radius 2 is 2.23 bits per heavy atom. The summed E-state index contributed by atoms with van der Waals surface area (Å²) in [7, 11) is 0. The largest absolute Gasteiger partial charge is 0.466 e. The van der Waals surface area contributed by atoms with Crippen LogP contribution in [0.15, 0.2) is 0 Å². The number of ether oxygens (including phenoxy) is 1. The molecule has 4 unspecified atom stereocenters. The molecule has 2 aliphatic rings. The SMILES string of the molecule is CC(=O)OCC1CC2CC(O)C1C2. The molecule has 0 radical (unpaired) electrons. The molecule has 0 saturated heterocycles. The molecule has 2 fully saturated rings. The fraction of sp³-hybridized carbons (Fsp3) is 0.900. The highest BCUT2D eigenvalue weighted by Gasteiger charge is 2.45. The molecule has 2 bridgehead atoms. The van der Waals surface area contributed by atoms with Gasteiger partial charge in [0.05, 0.1) is 12.7 Å². The van der Waals surface area contributed by atoms with Crippen LogP contribution in [0.1, 0.15) is 26.2 Å². The molecule has 1 N–H and O–H groups in total. The molecule has 74 valence electrons. The van der Waals surface area contributed by atoms with Crippen LogP contribution in [0.5, 0.6) is 0 Å². The number of carbonyl (C=O) groups is 1. The number of fused-ring (bicyclic) bond motifs is 2. The zero-order valence-corrected chi connectivity index (χ0v) is 7.90. The Morgan fingerprint density at radius 3 is 2.77 bits per heavy atom. The van der Waals surface area contributed by atoms with Crippen LogP contribution in [0.4, 0.5) is 0 Å². The molecule has 4 atom stereocenters. The minimum absolute atomic E-state index is 0.140. The summed E-state index contributed by atoms with van der Waals surface area (Å²) in [5.41, 5.74) is 0. The first-order chi connectivity index (χ1) is 6.16. The van der Waals surface area contributed by atoms with E-state index in [4.69, 9.17) is 4.74 Å². The van der Waals surface area contributed by atoms with E-state index in [9.17, 15) is 9.90 Å². The molecule has 2 saturated carbocycles. The lowest BCUT2D eigenvalue weighted by atomic mass is 9.87. The Balaban J connectivity index is 1.85. The maximum Gasteiger partial charge on any atom is 0.302 e. The molecule has 0 aromatic carbocycles. The summed E-state index contributed by atoms with van der Waals surface area (Å²) >= 11 is 0. The van der Waals surface area contributed by atoms with Gasteiger partial charge >= 0.3 is 5.97 Å². The zero-order valence-electron chi connectivity index (χ0n) is 7.90. The third kappa shape index (κ3) is 1.70. The summed E-state index contributed by atoms with van der Waals surface area (Å²) in [6, 6.07) is 0. The van der Waals surface area contributed by atoms with Crippen LogP contribution in [0.3, 0.4) is 0 Å². The van der Waals surface area contributed by atoms with Crippen LogP contribution in [0, 0.1) is 17.8 Å². The van der Waals surface area contributed by atoms with E-state index < -0.39 is 0 Å². The summed E-state index contributed by atoms with van der Waals surface area (Å²) < 4.78 is 4.98. The first kappa shape index (κ1) is 9.00. The predicted octanol–water partition coefficient (Wildman–Crippen LogP) is 0.957. The summed E-state index contributed by atoms with van der Waals surface area (Å²) in [5, 5.41) is 9.61. The topological polar surface area (TPSA) is 46.5 Å². The number of aliphatic hydroxyl groups excluding tert-OH is 1. The maximum absolute atomic E-state index is 10.6. The Bertz CT molecular complexity index is 214. The minimum atomic E-state index is -0.211. The van der Waals surface area contributed by atoms with Crippen molar-refractivity contribution in [3.8, 4) is 0 Å². The van der Waals surface area contributed by atoms with E-state index in [0.717, 1.165) is 19.3 Å². The first-order valence-corrected chi connectivity index (χ1v) is 4.98. The fourth-order valence-corrected chi connectivity index (χ4v) is 2.87. The summed E-state index contributed by atoms with van der Waals surface area (Å²) in [4.78, 5) is 10.6. The average molecular weight is 184 g/mol. The van der Waals surface area contributed by atoms with Crippen molar-refractivity contribution in [3.05, 3.63) is 0 Å². The smallest absolute Gasteiger partial charge is 0.302 e. The summed E-state index contributed by atoms with van der Waals surface area (Å²) in [5.74, 6) is 1.28. The Kier molecular flexibility index (Phi) is 2.28. The van der Waals surface area contributed by atoms with Crippen molar-refractivity contribution in [3.63, 3.8) is 0 Å². The van der Waals surface area contributed by atoms with Crippen LogP contribution < -0.4 is 0 Å². The second kappa shape index (κ2) is 3.29. The Hall–Kier alpha value is -0.570. The molecule has 2 aliphatic carbocycles. The zero-order chi connectivity index (χ0) is 9.42. The van der Waals surface area contributed by atoms with Crippen LogP contribution in [0.2, 0.25) is 0 Å². The molecule has 0 aliphatic heterocycles. The third-order valence-electron chi connectivity index (χ3n) is 3.42. The number of hydrogen-bond acceptors (Lipinski definition) is 3. The fourth-order valence-electron chi connectivity index (χ4n) is 2.87. The van der Waals surface area contributed by atoms with E-state index >= 15 is 0 Å². The van der Waals surface area contributed by atoms with Gasteiger partial charge < -0.3 is 9.84 Å². The van der Waals surface area contributed by atoms with Gasteiger partial charge in [-0.25, -0.2) is 0 Å². The standard InChI is InChI=1S/C10H16O3/c1-6(11)13-5-8-2-7-3-9(8)10(12)4-7/h7-10,12H,2-5H2,1H3. The molecule has 0 aromatic rings. The second-order valence-corrected chi connectivity index (χ2v) is 4.37. The Labute approximate surface area is 78.1 Å². The number of aliphatic hydroxyl groups is 1. The van der Waals surface area contributed by atoms with Gasteiger partial charge in [-0.15, -0.1) is 0 Å². The summed E-state index contributed by atoms with van der Waals surface area (Å²) in [6.45, 7) is 1.94. The number of rotatable bonds is 2. The van der Waals surface area contributed by atoms with Crippen LogP contribution >= 0.6 is 0 Å². The number of esters is 1. The van der Waals surface area contributed by atoms with Crippen molar-refractivity contribution >= 4 is 5.97 Å². The molecule has 0 heterocycles. The van der Waals surface area contributed by atoms with Crippen LogP contribution in [-0.4, -0.2) is 23.8 Å². The quantitative estimate of drug-likeness (QED) is 0.650. The molecule has 0 amide bonds. The third-order valence-corrected chi connectivity index (χ3v) is 3.42. The summed E-state index contributed by atoms with van der Waals surface area (Å²) in [6.07, 6.45) is 3.09. The molecule has 0 aromatic heterocycles. The maximum atomic E-state index is 10.6. The van der Waals surface area contributed by atoms with Crippen molar-refractivity contribution in [2.24, 2.45) is 17.8 Å². The number of hydrogen-bond donors (Lipinski definition) is 1. The van der Waals surface area contributed by atoms with Crippen molar-refractivity contribution in [1.29, 1.82) is 0 Å². The highest BCUT2D eigenvalue weighted by molar-refractivity contribution is 5.65. The lowest BCUT2D eigenvalue weighted by Crippen LogP contribution is -2.28. The van der Waals surface area contributed by atoms with Gasteiger partial charge in [-0.05, 0) is 37.0 Å². The lowest BCUT2D eigenvalue weighted by Gasteiger charge is -2.25. The van der Waals surface area contributed by atoms with Gasteiger partial charge in [-0.1, -0.05) is 0 Å². The average Bonchev–Trinajstić information content (AvgIpc) is 2.58. The van der Waals surface area contributed by atoms with Crippen molar-refractivity contribution in [1.82, 2.24) is 0 Å².